The number of hydrogen-bond acceptors (Lipinski definition) is 5. The highest BCUT2D eigenvalue weighted by Gasteiger charge is 2.43. The summed E-state index contributed by atoms with van der Waals surface area (Å²) in [6, 6.07) is 7.78. The monoisotopic (exact) mass is 341 g/mol. The molecule has 1 aromatic heterocycles. The Morgan fingerprint density at radius 1 is 1.32 bits per heavy atom. The number of ether oxygens (including phenoxy) is 1. The Balaban J connectivity index is 1.60. The van der Waals surface area contributed by atoms with Gasteiger partial charge in [0, 0.05) is 12.0 Å². The number of para-hydroxylation sites is 1. The van der Waals surface area contributed by atoms with Crippen molar-refractivity contribution in [3.05, 3.63) is 41.5 Å². The average molecular weight is 341 g/mol. The van der Waals surface area contributed by atoms with E-state index in [4.69, 9.17) is 9.26 Å². The summed E-state index contributed by atoms with van der Waals surface area (Å²) in [6.45, 7) is 2.54. The van der Waals surface area contributed by atoms with Crippen LogP contribution >= 0.6 is 0 Å². The molecule has 2 aromatic rings. The van der Waals surface area contributed by atoms with Crippen LogP contribution in [0.2, 0.25) is 0 Å². The Bertz CT molecular complexity index is 765. The van der Waals surface area contributed by atoms with Crippen LogP contribution in [0.25, 0.3) is 0 Å². The summed E-state index contributed by atoms with van der Waals surface area (Å²) in [7, 11) is 0. The number of nitrogens with one attached hydrogen (secondary N) is 1. The summed E-state index contributed by atoms with van der Waals surface area (Å²) in [5.74, 6) is 1.88. The van der Waals surface area contributed by atoms with E-state index in [0.29, 0.717) is 31.2 Å². The maximum atomic E-state index is 13.1. The standard InChI is InChI=1S/C19H23N3O3/c1-2-16-20-18(22-25-16)19(10-5-6-11-19)21-17(23)14-9-12-24-15-8-4-3-7-13(14)15/h3-4,7-8,14H,2,5-6,9-12H2,1H3,(H,21,23)/t14-/m0/s1. The Hall–Kier alpha value is -2.37. The van der Waals surface area contributed by atoms with Crippen LogP contribution in [0.5, 0.6) is 5.75 Å². The van der Waals surface area contributed by atoms with Crippen LogP contribution in [-0.4, -0.2) is 22.7 Å². The molecule has 6 nitrogen and oxygen atoms in total. The van der Waals surface area contributed by atoms with E-state index >= 15 is 0 Å². The van der Waals surface area contributed by atoms with Gasteiger partial charge in [-0.25, -0.2) is 0 Å². The molecular formula is C19H23N3O3. The molecule has 6 heteroatoms. The number of rotatable bonds is 4. The summed E-state index contributed by atoms with van der Waals surface area (Å²) in [5, 5.41) is 7.44. The highest BCUT2D eigenvalue weighted by Crippen LogP contribution is 2.39. The number of amides is 1. The van der Waals surface area contributed by atoms with E-state index in [1.165, 1.54) is 0 Å². The van der Waals surface area contributed by atoms with E-state index in [9.17, 15) is 4.79 Å². The Labute approximate surface area is 147 Å². The Morgan fingerprint density at radius 3 is 2.88 bits per heavy atom. The third-order valence-electron chi connectivity index (χ3n) is 5.29. The fourth-order valence-electron chi connectivity index (χ4n) is 3.91. The number of benzene rings is 1. The van der Waals surface area contributed by atoms with Gasteiger partial charge in [0.25, 0.3) is 0 Å². The Kier molecular flexibility index (Phi) is 4.19. The number of nitrogens with zero attached hydrogens (tertiary/aromatic N) is 2. The van der Waals surface area contributed by atoms with Gasteiger partial charge in [0.1, 0.15) is 11.3 Å². The topological polar surface area (TPSA) is 77.2 Å². The third-order valence-corrected chi connectivity index (χ3v) is 5.29. The van der Waals surface area contributed by atoms with Gasteiger partial charge in [0.2, 0.25) is 11.8 Å². The first-order valence-corrected chi connectivity index (χ1v) is 9.09. The van der Waals surface area contributed by atoms with Crippen molar-refractivity contribution in [3.63, 3.8) is 0 Å². The molecule has 1 aromatic carbocycles. The van der Waals surface area contributed by atoms with Gasteiger partial charge in [-0.15, -0.1) is 0 Å². The number of aromatic nitrogens is 2. The van der Waals surface area contributed by atoms with Crippen LogP contribution < -0.4 is 10.1 Å². The van der Waals surface area contributed by atoms with E-state index < -0.39 is 5.54 Å². The summed E-state index contributed by atoms with van der Waals surface area (Å²) in [6.07, 6.45) is 5.20. The molecule has 25 heavy (non-hydrogen) atoms. The van der Waals surface area contributed by atoms with Crippen molar-refractivity contribution in [2.24, 2.45) is 0 Å². The zero-order chi connectivity index (χ0) is 17.3. The lowest BCUT2D eigenvalue weighted by Crippen LogP contribution is -2.47. The van der Waals surface area contributed by atoms with Crippen LogP contribution in [0, 0.1) is 0 Å². The van der Waals surface area contributed by atoms with Gasteiger partial charge in [0.15, 0.2) is 5.82 Å². The average Bonchev–Trinajstić information content (AvgIpc) is 3.31. The largest absolute Gasteiger partial charge is 0.493 e. The number of carbonyl (C=O) groups excluding carboxylic acids is 1. The van der Waals surface area contributed by atoms with Crippen LogP contribution in [0.1, 0.15) is 62.2 Å². The fourth-order valence-corrected chi connectivity index (χ4v) is 3.91. The smallest absolute Gasteiger partial charge is 0.228 e. The van der Waals surface area contributed by atoms with E-state index in [2.05, 4.69) is 15.5 Å². The fraction of sp³-hybridized carbons (Fsp3) is 0.526. The van der Waals surface area contributed by atoms with Gasteiger partial charge in [0.05, 0.1) is 12.5 Å². The van der Waals surface area contributed by atoms with Crippen molar-refractivity contribution in [1.29, 1.82) is 0 Å². The molecule has 2 aliphatic rings. The predicted molar refractivity (Wildman–Crippen MR) is 91.3 cm³/mol. The quantitative estimate of drug-likeness (QED) is 0.925. The van der Waals surface area contributed by atoms with Gasteiger partial charge >= 0.3 is 0 Å². The molecule has 1 atom stereocenters. The second-order valence-electron chi connectivity index (χ2n) is 6.87. The molecule has 1 N–H and O–H groups in total. The van der Waals surface area contributed by atoms with Crippen LogP contribution in [0.3, 0.4) is 0 Å². The molecule has 0 unspecified atom stereocenters. The first-order chi connectivity index (χ1) is 12.2. The molecule has 4 rings (SSSR count). The molecule has 0 radical (unpaired) electrons. The Morgan fingerprint density at radius 2 is 2.12 bits per heavy atom. The number of fused-ring (bicyclic) bond motifs is 1. The van der Waals surface area contributed by atoms with Crippen molar-refractivity contribution in [2.75, 3.05) is 6.61 Å². The number of hydrogen-bond donors (Lipinski definition) is 1. The van der Waals surface area contributed by atoms with Crippen molar-refractivity contribution < 1.29 is 14.1 Å². The van der Waals surface area contributed by atoms with Crippen molar-refractivity contribution in [3.8, 4) is 5.75 Å². The second kappa shape index (κ2) is 6.50. The molecule has 1 aliphatic carbocycles. The van der Waals surface area contributed by atoms with E-state index in [1.807, 2.05) is 31.2 Å². The molecule has 2 heterocycles. The van der Waals surface area contributed by atoms with Gasteiger partial charge in [-0.1, -0.05) is 43.1 Å². The minimum atomic E-state index is -0.499. The van der Waals surface area contributed by atoms with E-state index in [-0.39, 0.29) is 11.8 Å². The van der Waals surface area contributed by atoms with E-state index in [1.54, 1.807) is 0 Å². The van der Waals surface area contributed by atoms with Gasteiger partial charge < -0.3 is 14.6 Å². The number of carbonyl (C=O) groups is 1. The molecule has 0 spiro atoms. The van der Waals surface area contributed by atoms with Gasteiger partial charge in [-0.3, -0.25) is 4.79 Å². The lowest BCUT2D eigenvalue weighted by Gasteiger charge is -2.31. The molecular weight excluding hydrogens is 318 g/mol. The molecule has 1 amide bonds. The van der Waals surface area contributed by atoms with Gasteiger partial charge in [-0.05, 0) is 25.3 Å². The van der Waals surface area contributed by atoms with Crippen molar-refractivity contribution in [2.45, 2.75) is 56.9 Å². The SMILES string of the molecule is CCc1nc(C2(NC(=O)[C@H]3CCOc4ccccc43)CCCC2)no1. The summed E-state index contributed by atoms with van der Waals surface area (Å²) < 4.78 is 11.0. The van der Waals surface area contributed by atoms with Crippen molar-refractivity contribution >= 4 is 5.91 Å². The molecule has 1 fully saturated rings. The van der Waals surface area contributed by atoms with Crippen LogP contribution in [0.15, 0.2) is 28.8 Å². The molecule has 0 saturated heterocycles. The molecule has 132 valence electrons. The summed E-state index contributed by atoms with van der Waals surface area (Å²) in [5.41, 5.74) is 0.461. The third kappa shape index (κ3) is 2.90. The zero-order valence-corrected chi connectivity index (χ0v) is 14.5. The van der Waals surface area contributed by atoms with Crippen LogP contribution in [0.4, 0.5) is 0 Å². The summed E-state index contributed by atoms with van der Waals surface area (Å²) >= 11 is 0. The minimum absolute atomic E-state index is 0.0282. The van der Waals surface area contributed by atoms with Crippen LogP contribution in [-0.2, 0) is 16.8 Å². The maximum absolute atomic E-state index is 13.1. The van der Waals surface area contributed by atoms with E-state index in [0.717, 1.165) is 37.0 Å². The second-order valence-corrected chi connectivity index (χ2v) is 6.87. The normalized spacial score (nSPS) is 21.4. The molecule has 1 aliphatic heterocycles. The zero-order valence-electron chi connectivity index (χ0n) is 14.5. The summed E-state index contributed by atoms with van der Waals surface area (Å²) in [4.78, 5) is 17.6. The lowest BCUT2D eigenvalue weighted by atomic mass is 9.89. The van der Waals surface area contributed by atoms with Crippen molar-refractivity contribution in [1.82, 2.24) is 15.5 Å². The molecule has 1 saturated carbocycles. The number of aryl methyl sites for hydroxylation is 1. The highest BCUT2D eigenvalue weighted by molar-refractivity contribution is 5.85. The highest BCUT2D eigenvalue weighted by atomic mass is 16.5. The predicted octanol–water partition coefficient (Wildman–Crippen LogP) is 3.08. The maximum Gasteiger partial charge on any atom is 0.228 e. The van der Waals surface area contributed by atoms with Gasteiger partial charge in [-0.2, -0.15) is 4.98 Å². The minimum Gasteiger partial charge on any atom is -0.493 e. The molecule has 0 bridgehead atoms. The lowest BCUT2D eigenvalue weighted by molar-refractivity contribution is -0.125. The first-order valence-electron chi connectivity index (χ1n) is 9.09. The first kappa shape index (κ1) is 16.1.